The monoisotopic (exact) mass is 310 g/mol. The molecule has 0 fully saturated rings. The number of anilines is 1. The number of phenols is 1. The number of nitrogens with one attached hydrogen (secondary N) is 1. The van der Waals surface area contributed by atoms with Gasteiger partial charge in [0.05, 0.1) is 24.7 Å². The molecule has 0 unspecified atom stereocenters. The van der Waals surface area contributed by atoms with Crippen molar-refractivity contribution >= 4 is 28.6 Å². The average molecular weight is 310 g/mol. The van der Waals surface area contributed by atoms with Gasteiger partial charge in [0, 0.05) is 6.07 Å². The van der Waals surface area contributed by atoms with Crippen LogP contribution in [0.5, 0.6) is 11.5 Å². The molecule has 0 saturated carbocycles. The number of hydrogen-bond donors (Lipinski definition) is 2. The van der Waals surface area contributed by atoms with E-state index >= 15 is 0 Å². The van der Waals surface area contributed by atoms with Crippen LogP contribution in [0.25, 0.3) is 0 Å². The number of amidine groups is 1. The van der Waals surface area contributed by atoms with Crippen molar-refractivity contribution in [3.05, 3.63) is 18.2 Å². The Balaban J connectivity index is 2.19. The first kappa shape index (κ1) is 15.5. The zero-order chi connectivity index (χ0) is 15.6. The first-order valence-corrected chi connectivity index (χ1v) is 7.17. The van der Waals surface area contributed by atoms with Crippen molar-refractivity contribution in [3.63, 3.8) is 0 Å². The number of aromatic hydroxyl groups is 1. The lowest BCUT2D eigenvalue weighted by atomic mass is 10.0. The fourth-order valence-electron chi connectivity index (χ4n) is 1.97. The number of aliphatic imine (C=N–C) groups is 1. The van der Waals surface area contributed by atoms with Gasteiger partial charge in [-0.05, 0) is 26.0 Å². The normalized spacial score (nSPS) is 19.8. The third kappa shape index (κ3) is 3.24. The second-order valence-corrected chi connectivity index (χ2v) is 6.72. The molecule has 0 amide bonds. The Morgan fingerprint density at radius 1 is 1.43 bits per heavy atom. The van der Waals surface area contributed by atoms with E-state index in [4.69, 9.17) is 9.47 Å². The lowest BCUT2D eigenvalue weighted by molar-refractivity contribution is -0.142. The van der Waals surface area contributed by atoms with Crippen molar-refractivity contribution < 1.29 is 19.4 Å². The van der Waals surface area contributed by atoms with E-state index in [1.54, 1.807) is 12.1 Å². The largest absolute Gasteiger partial charge is 0.506 e. The molecule has 1 aromatic carbocycles. The lowest BCUT2D eigenvalue weighted by Gasteiger charge is -2.21. The van der Waals surface area contributed by atoms with Crippen LogP contribution in [-0.4, -0.2) is 41.3 Å². The Morgan fingerprint density at radius 2 is 2.14 bits per heavy atom. The highest BCUT2D eigenvalue weighted by Crippen LogP contribution is 2.39. The van der Waals surface area contributed by atoms with E-state index in [1.807, 2.05) is 13.8 Å². The number of hydrogen-bond acceptors (Lipinski definition) is 7. The highest BCUT2D eigenvalue weighted by molar-refractivity contribution is 8.15. The van der Waals surface area contributed by atoms with Crippen molar-refractivity contribution in [1.82, 2.24) is 0 Å². The number of esters is 1. The first-order valence-electron chi connectivity index (χ1n) is 6.36. The van der Waals surface area contributed by atoms with Crippen LogP contribution in [0.3, 0.4) is 0 Å². The van der Waals surface area contributed by atoms with E-state index < -0.39 is 10.8 Å². The zero-order valence-electron chi connectivity index (χ0n) is 12.3. The molecule has 1 heterocycles. The van der Waals surface area contributed by atoms with Gasteiger partial charge in [0.25, 0.3) is 0 Å². The van der Waals surface area contributed by atoms with E-state index in [9.17, 15) is 9.90 Å². The SMILES string of the molecule is COC(=O)[C@@H]1N=C(Nc2ccc(OC)cc2O)SC1(C)C. The minimum Gasteiger partial charge on any atom is -0.506 e. The molecule has 7 heteroatoms. The molecule has 1 aromatic rings. The molecule has 0 aliphatic carbocycles. The van der Waals surface area contributed by atoms with Crippen LogP contribution in [0.2, 0.25) is 0 Å². The molecule has 2 N–H and O–H groups in total. The molecule has 6 nitrogen and oxygen atoms in total. The fraction of sp³-hybridized carbons (Fsp3) is 0.429. The summed E-state index contributed by atoms with van der Waals surface area (Å²) < 4.78 is 9.40. The molecule has 0 aromatic heterocycles. The van der Waals surface area contributed by atoms with E-state index in [0.29, 0.717) is 16.6 Å². The van der Waals surface area contributed by atoms with Crippen molar-refractivity contribution in [1.29, 1.82) is 0 Å². The highest BCUT2D eigenvalue weighted by Gasteiger charge is 2.43. The van der Waals surface area contributed by atoms with Crippen molar-refractivity contribution in [3.8, 4) is 11.5 Å². The number of benzene rings is 1. The fourth-order valence-corrected chi connectivity index (χ4v) is 3.05. The predicted octanol–water partition coefficient (Wildman–Crippen LogP) is 2.24. The molecule has 1 aliphatic rings. The Hall–Kier alpha value is -1.89. The van der Waals surface area contributed by atoms with Gasteiger partial charge in [0.1, 0.15) is 11.5 Å². The quantitative estimate of drug-likeness (QED) is 0.658. The molecule has 1 atom stereocenters. The van der Waals surface area contributed by atoms with Crippen LogP contribution in [0, 0.1) is 0 Å². The molecule has 1 aliphatic heterocycles. The summed E-state index contributed by atoms with van der Waals surface area (Å²) in [5.41, 5.74) is 0.503. The summed E-state index contributed by atoms with van der Waals surface area (Å²) in [4.78, 5) is 16.1. The minimum atomic E-state index is -0.574. The van der Waals surface area contributed by atoms with Crippen LogP contribution >= 0.6 is 11.8 Å². The van der Waals surface area contributed by atoms with Crippen LogP contribution < -0.4 is 10.1 Å². The number of carbonyl (C=O) groups excluding carboxylic acids is 1. The molecular weight excluding hydrogens is 292 g/mol. The number of ether oxygens (including phenoxy) is 2. The van der Waals surface area contributed by atoms with Gasteiger partial charge < -0.3 is 19.9 Å². The van der Waals surface area contributed by atoms with Crippen LogP contribution in [0.15, 0.2) is 23.2 Å². The smallest absolute Gasteiger partial charge is 0.332 e. The standard InChI is InChI=1S/C14H18N2O4S/c1-14(2)11(12(18)20-4)16-13(21-14)15-9-6-5-8(19-3)7-10(9)17/h5-7,11,17H,1-4H3,(H,15,16)/t11-/m0/s1. The zero-order valence-corrected chi connectivity index (χ0v) is 13.2. The van der Waals surface area contributed by atoms with Crippen LogP contribution in [-0.2, 0) is 9.53 Å². The maximum absolute atomic E-state index is 11.7. The van der Waals surface area contributed by atoms with E-state index in [1.165, 1.54) is 32.0 Å². The number of thioether (sulfide) groups is 1. The summed E-state index contributed by atoms with van der Waals surface area (Å²) in [6.07, 6.45) is 0. The average Bonchev–Trinajstić information content (AvgIpc) is 2.74. The summed E-state index contributed by atoms with van der Waals surface area (Å²) >= 11 is 1.43. The number of methoxy groups -OCH3 is 2. The second-order valence-electron chi connectivity index (χ2n) is 5.07. The Bertz CT molecular complexity index is 586. The predicted molar refractivity (Wildman–Crippen MR) is 83.2 cm³/mol. The highest BCUT2D eigenvalue weighted by atomic mass is 32.2. The molecule has 0 saturated heterocycles. The number of rotatable bonds is 3. The van der Waals surface area contributed by atoms with Crippen molar-refractivity contribution in [2.75, 3.05) is 19.5 Å². The third-order valence-electron chi connectivity index (χ3n) is 3.14. The van der Waals surface area contributed by atoms with E-state index in [-0.39, 0.29) is 11.7 Å². The minimum absolute atomic E-state index is 0.0528. The van der Waals surface area contributed by atoms with Gasteiger partial charge in [0.15, 0.2) is 11.2 Å². The summed E-state index contributed by atoms with van der Waals surface area (Å²) in [6, 6.07) is 4.35. The van der Waals surface area contributed by atoms with Gasteiger partial charge in [-0.1, -0.05) is 11.8 Å². The maximum Gasteiger partial charge on any atom is 0.332 e. The Kier molecular flexibility index (Phi) is 4.32. The number of phenolic OH excluding ortho intramolecular Hbond substituents is 1. The topological polar surface area (TPSA) is 80.2 Å². The summed E-state index contributed by atoms with van der Waals surface area (Å²) in [5, 5.41) is 13.5. The van der Waals surface area contributed by atoms with Gasteiger partial charge in [-0.15, -0.1) is 0 Å². The molecule has 2 rings (SSSR count). The number of nitrogens with zero attached hydrogens (tertiary/aromatic N) is 1. The van der Waals surface area contributed by atoms with Crippen molar-refractivity contribution in [2.24, 2.45) is 4.99 Å². The molecule has 0 radical (unpaired) electrons. The molecule has 0 bridgehead atoms. The molecule has 114 valence electrons. The van der Waals surface area contributed by atoms with Crippen LogP contribution in [0.4, 0.5) is 5.69 Å². The number of carbonyl (C=O) groups is 1. The third-order valence-corrected chi connectivity index (χ3v) is 4.29. The van der Waals surface area contributed by atoms with Gasteiger partial charge in [0.2, 0.25) is 0 Å². The lowest BCUT2D eigenvalue weighted by Crippen LogP contribution is -2.35. The molecule has 21 heavy (non-hydrogen) atoms. The summed E-state index contributed by atoms with van der Waals surface area (Å²) in [5.74, 6) is 0.243. The van der Waals surface area contributed by atoms with Gasteiger partial charge >= 0.3 is 5.97 Å². The van der Waals surface area contributed by atoms with E-state index in [0.717, 1.165) is 0 Å². The first-order chi connectivity index (χ1) is 9.87. The van der Waals surface area contributed by atoms with Crippen LogP contribution in [0.1, 0.15) is 13.8 Å². The van der Waals surface area contributed by atoms with Crippen molar-refractivity contribution in [2.45, 2.75) is 24.6 Å². The molecule has 0 spiro atoms. The van der Waals surface area contributed by atoms with Gasteiger partial charge in [-0.25, -0.2) is 9.79 Å². The summed E-state index contributed by atoms with van der Waals surface area (Å²) in [7, 11) is 2.88. The molecular formula is C14H18N2O4S. The maximum atomic E-state index is 11.7. The van der Waals surface area contributed by atoms with Gasteiger partial charge in [-0.3, -0.25) is 0 Å². The second kappa shape index (κ2) is 5.85. The Labute approximate surface area is 127 Å². The summed E-state index contributed by atoms with van der Waals surface area (Å²) in [6.45, 7) is 3.84. The Morgan fingerprint density at radius 3 is 2.71 bits per heavy atom. The van der Waals surface area contributed by atoms with Gasteiger partial charge in [-0.2, -0.15) is 0 Å². The van der Waals surface area contributed by atoms with E-state index in [2.05, 4.69) is 10.3 Å².